The number of aliphatic carboxylic acids is 2. The summed E-state index contributed by atoms with van der Waals surface area (Å²) in [6, 6.07) is 18.3. The molecule has 0 aliphatic rings. The number of benzene rings is 3. The number of rotatable bonds is 16. The first-order valence-electron chi connectivity index (χ1n) is 16.7. The van der Waals surface area contributed by atoms with Gasteiger partial charge in [-0.2, -0.15) is 18.2 Å². The van der Waals surface area contributed by atoms with Crippen molar-refractivity contribution in [1.82, 2.24) is 19.4 Å². The highest BCUT2D eigenvalue weighted by Gasteiger charge is 2.30. The molecule has 55 heavy (non-hydrogen) atoms. The molecule has 0 radical (unpaired) electrons. The molecule has 1 heterocycles. The van der Waals surface area contributed by atoms with Crippen molar-refractivity contribution in [2.45, 2.75) is 56.2 Å². The van der Waals surface area contributed by atoms with E-state index in [1.165, 1.54) is 42.2 Å². The second-order valence-corrected chi connectivity index (χ2v) is 13.2. The molecule has 2 atom stereocenters. The molecule has 12 nitrogen and oxygen atoms in total. The normalized spacial score (nSPS) is 12.4. The Morgan fingerprint density at radius 1 is 0.836 bits per heavy atom. The number of carbonyl (C=O) groups excluding carboxylic acids is 1. The third-order valence-electron chi connectivity index (χ3n) is 8.11. The van der Waals surface area contributed by atoms with Crippen LogP contribution in [-0.4, -0.2) is 96.0 Å². The first kappa shape index (κ1) is 44.6. The Balaban J connectivity index is 0.000000712. The molecule has 0 saturated heterocycles. The number of alkyl halides is 3. The van der Waals surface area contributed by atoms with E-state index in [0.717, 1.165) is 41.9 Å². The summed E-state index contributed by atoms with van der Waals surface area (Å²) in [7, 11) is 0. The van der Waals surface area contributed by atoms with E-state index in [1.54, 1.807) is 21.6 Å². The molecule has 0 saturated carbocycles. The van der Waals surface area contributed by atoms with Crippen LogP contribution in [0.5, 0.6) is 0 Å². The third-order valence-corrected chi connectivity index (χ3v) is 9.44. The largest absolute Gasteiger partial charge is 0.479 e. The summed E-state index contributed by atoms with van der Waals surface area (Å²) in [6.07, 6.45) is -7.53. The second-order valence-electron chi connectivity index (χ2n) is 11.9. The number of amides is 1. The maximum Gasteiger partial charge on any atom is 0.416 e. The summed E-state index contributed by atoms with van der Waals surface area (Å²) in [6.45, 7) is 7.03. The van der Waals surface area contributed by atoms with Crippen molar-refractivity contribution >= 4 is 41.2 Å². The van der Waals surface area contributed by atoms with Gasteiger partial charge in [0.1, 0.15) is 17.4 Å². The molecule has 0 fully saturated rings. The Morgan fingerprint density at radius 2 is 1.35 bits per heavy atom. The number of thioether (sulfide) groups is 1. The summed E-state index contributed by atoms with van der Waals surface area (Å²) in [5, 5.41) is 32.7. The third kappa shape index (κ3) is 13.8. The van der Waals surface area contributed by atoms with Crippen molar-refractivity contribution < 1.29 is 52.4 Å². The molecule has 0 spiro atoms. The molecule has 1 amide bonds. The fourth-order valence-corrected chi connectivity index (χ4v) is 5.97. The molecule has 2 unspecified atom stereocenters. The van der Waals surface area contributed by atoms with E-state index < -0.39 is 41.4 Å². The van der Waals surface area contributed by atoms with Gasteiger partial charge in [0.2, 0.25) is 5.91 Å². The van der Waals surface area contributed by atoms with Gasteiger partial charge in [0.25, 0.3) is 5.56 Å². The van der Waals surface area contributed by atoms with Gasteiger partial charge in [0, 0.05) is 31.6 Å². The lowest BCUT2D eigenvalue weighted by Crippen LogP contribution is -2.40. The van der Waals surface area contributed by atoms with Crippen molar-refractivity contribution in [1.29, 1.82) is 0 Å². The van der Waals surface area contributed by atoms with Gasteiger partial charge in [-0.15, -0.1) is 0 Å². The Kier molecular flexibility index (Phi) is 16.8. The summed E-state index contributed by atoms with van der Waals surface area (Å²) in [5.41, 5.74) is 1.77. The smallest absolute Gasteiger partial charge is 0.416 e. The number of halogens is 5. The molecular formula is C37H39ClF4N4O8S. The van der Waals surface area contributed by atoms with Crippen LogP contribution in [0.3, 0.4) is 0 Å². The zero-order chi connectivity index (χ0) is 40.9. The molecule has 18 heteroatoms. The van der Waals surface area contributed by atoms with Crippen molar-refractivity contribution in [2.75, 3.05) is 26.2 Å². The first-order chi connectivity index (χ1) is 25.9. The zero-order valence-corrected chi connectivity index (χ0v) is 31.2. The maximum atomic E-state index is 13.8. The Hall–Kier alpha value is -4.81. The van der Waals surface area contributed by atoms with E-state index in [4.69, 9.17) is 32.0 Å². The van der Waals surface area contributed by atoms with Crippen LogP contribution in [0.25, 0.3) is 11.1 Å². The van der Waals surface area contributed by atoms with Crippen molar-refractivity contribution in [3.8, 4) is 11.1 Å². The standard InChI is InChI=1S/C33H33ClF4N4O2S.C4H6O6/c1-3-40(4-2)17-18-41(19-23-5-9-25(10-6-23)26-11-13-27(14-12-26)33(36,37)38)30(43)21-42-20-29(34)31(44)39-32(42)45-22-24-7-15-28(35)16-8-24;5-1(3(7)8)2(6)4(9)10/h5-16,20H,3-4,17-19,21-22H2,1-2H3;1-2,5-6H,(H,7,8)(H,9,10). The fourth-order valence-electron chi connectivity index (χ4n) is 4.89. The monoisotopic (exact) mass is 810 g/mol. The van der Waals surface area contributed by atoms with Crippen molar-refractivity contribution in [2.24, 2.45) is 0 Å². The van der Waals surface area contributed by atoms with E-state index >= 15 is 0 Å². The molecule has 4 N–H and O–H groups in total. The summed E-state index contributed by atoms with van der Waals surface area (Å²) in [4.78, 5) is 53.6. The lowest BCUT2D eigenvalue weighted by Gasteiger charge is -2.27. The van der Waals surface area contributed by atoms with Crippen LogP contribution in [-0.2, 0) is 39.4 Å². The lowest BCUT2D eigenvalue weighted by atomic mass is 10.0. The van der Waals surface area contributed by atoms with Gasteiger partial charge in [0.15, 0.2) is 17.4 Å². The number of carbonyl (C=O) groups is 3. The van der Waals surface area contributed by atoms with Gasteiger partial charge in [-0.05, 0) is 59.6 Å². The number of carboxylic acid groups (broad SMARTS) is 2. The average molecular weight is 811 g/mol. The van der Waals surface area contributed by atoms with Gasteiger partial charge in [-0.3, -0.25) is 9.59 Å². The van der Waals surface area contributed by atoms with E-state index in [0.29, 0.717) is 36.1 Å². The van der Waals surface area contributed by atoms with Crippen LogP contribution in [0, 0.1) is 5.82 Å². The molecule has 0 bridgehead atoms. The highest BCUT2D eigenvalue weighted by Crippen LogP contribution is 2.31. The highest BCUT2D eigenvalue weighted by molar-refractivity contribution is 7.98. The van der Waals surface area contributed by atoms with Crippen LogP contribution < -0.4 is 5.56 Å². The van der Waals surface area contributed by atoms with Crippen LogP contribution in [0.1, 0.15) is 30.5 Å². The minimum atomic E-state index is -4.40. The predicted molar refractivity (Wildman–Crippen MR) is 197 cm³/mol. The fraction of sp³-hybridized carbons (Fsp3) is 0.324. The van der Waals surface area contributed by atoms with Crippen LogP contribution in [0.2, 0.25) is 5.02 Å². The number of aliphatic hydroxyl groups excluding tert-OH is 2. The molecule has 4 aromatic rings. The zero-order valence-electron chi connectivity index (χ0n) is 29.6. The molecule has 3 aromatic carbocycles. The number of likely N-dealkylation sites (N-methyl/N-ethyl adjacent to an activating group) is 1. The van der Waals surface area contributed by atoms with Gasteiger partial charge >= 0.3 is 18.1 Å². The number of hydrogen-bond donors (Lipinski definition) is 4. The summed E-state index contributed by atoms with van der Waals surface area (Å²) in [5.74, 6) is -3.70. The van der Waals surface area contributed by atoms with Gasteiger partial charge in [-0.25, -0.2) is 14.0 Å². The molecule has 4 rings (SSSR count). The minimum Gasteiger partial charge on any atom is -0.479 e. The van der Waals surface area contributed by atoms with Crippen molar-refractivity contribution in [3.05, 3.63) is 117 Å². The van der Waals surface area contributed by atoms with Gasteiger partial charge in [0.05, 0.1) is 5.56 Å². The first-order valence-corrected chi connectivity index (χ1v) is 18.0. The Morgan fingerprint density at radius 3 is 1.84 bits per heavy atom. The average Bonchev–Trinajstić information content (AvgIpc) is 3.15. The number of carboxylic acids is 2. The topological polar surface area (TPSA) is 173 Å². The van der Waals surface area contributed by atoms with Crippen LogP contribution in [0.15, 0.2) is 88.9 Å². The van der Waals surface area contributed by atoms with E-state index in [1.807, 2.05) is 38.1 Å². The molecule has 1 aromatic heterocycles. The molecule has 296 valence electrons. The van der Waals surface area contributed by atoms with Gasteiger partial charge in [-0.1, -0.05) is 85.7 Å². The van der Waals surface area contributed by atoms with Crippen molar-refractivity contribution in [3.63, 3.8) is 0 Å². The van der Waals surface area contributed by atoms with Crippen LogP contribution in [0.4, 0.5) is 17.6 Å². The molecule has 0 aliphatic carbocycles. The Bertz CT molecular complexity index is 1930. The number of nitrogens with zero attached hydrogens (tertiary/aromatic N) is 4. The minimum absolute atomic E-state index is 0.109. The quantitative estimate of drug-likeness (QED) is 0.0661. The van der Waals surface area contributed by atoms with E-state index in [-0.39, 0.29) is 23.3 Å². The summed E-state index contributed by atoms with van der Waals surface area (Å²) < 4.78 is 53.8. The predicted octanol–water partition coefficient (Wildman–Crippen LogP) is 5.26. The van der Waals surface area contributed by atoms with E-state index in [9.17, 15) is 36.7 Å². The number of hydrogen-bond acceptors (Lipinski definition) is 9. The lowest BCUT2D eigenvalue weighted by molar-refractivity contribution is -0.165. The Labute approximate surface area is 322 Å². The highest BCUT2D eigenvalue weighted by atomic mass is 35.5. The number of aromatic nitrogens is 2. The maximum absolute atomic E-state index is 13.8. The molecule has 0 aliphatic heterocycles. The van der Waals surface area contributed by atoms with Crippen LogP contribution >= 0.6 is 23.4 Å². The SMILES string of the molecule is CCN(CC)CCN(Cc1ccc(-c2ccc(C(F)(F)F)cc2)cc1)C(=O)Cn1cc(Cl)c(=O)nc1SCc1ccc(F)cc1.O=C(O)C(O)C(O)C(=O)O. The van der Waals surface area contributed by atoms with Gasteiger partial charge < -0.3 is 34.8 Å². The molecular weight excluding hydrogens is 772 g/mol. The number of aliphatic hydroxyl groups is 2. The van der Waals surface area contributed by atoms with E-state index in [2.05, 4.69) is 9.88 Å². The second kappa shape index (κ2) is 20.8. The summed E-state index contributed by atoms with van der Waals surface area (Å²) >= 11 is 7.36.